The number of ether oxygens (including phenoxy) is 1. The molecule has 2 rings (SSSR count). The van der Waals surface area contributed by atoms with Crippen LogP contribution < -0.4 is 14.4 Å². The number of anilines is 2. The minimum atomic E-state index is -3.67. The summed E-state index contributed by atoms with van der Waals surface area (Å²) >= 11 is 0. The van der Waals surface area contributed by atoms with E-state index < -0.39 is 22.0 Å². The third-order valence-electron chi connectivity index (χ3n) is 4.06. The summed E-state index contributed by atoms with van der Waals surface area (Å²) in [4.78, 5) is 12.9. The summed E-state index contributed by atoms with van der Waals surface area (Å²) in [6.07, 6.45) is 3.05. The second-order valence-electron chi connectivity index (χ2n) is 6.44. The van der Waals surface area contributed by atoms with Crippen LogP contribution in [0.25, 0.3) is 0 Å². The van der Waals surface area contributed by atoms with Crippen molar-refractivity contribution in [2.75, 3.05) is 22.5 Å². The van der Waals surface area contributed by atoms with Crippen LogP contribution in [0, 0.1) is 6.92 Å². The Balaban J connectivity index is 2.31. The van der Waals surface area contributed by atoms with Crippen LogP contribution >= 0.6 is 0 Å². The van der Waals surface area contributed by atoms with Crippen LogP contribution in [0.3, 0.4) is 0 Å². The Morgan fingerprint density at radius 1 is 1.25 bits per heavy atom. The smallest absolute Gasteiger partial charge is 0.248 e. The number of aryl methyl sites for hydroxylation is 1. The lowest BCUT2D eigenvalue weighted by atomic mass is 10.1. The number of rotatable bonds is 9. The van der Waals surface area contributed by atoms with E-state index in [4.69, 9.17) is 4.74 Å². The number of hydrogen-bond donors (Lipinski definition) is 1. The molecule has 0 aliphatic carbocycles. The Labute approximate surface area is 166 Å². The van der Waals surface area contributed by atoms with Crippen molar-refractivity contribution in [1.29, 1.82) is 0 Å². The van der Waals surface area contributed by atoms with Crippen LogP contribution in [0.2, 0.25) is 0 Å². The normalized spacial score (nSPS) is 12.1. The first-order valence-corrected chi connectivity index (χ1v) is 10.8. The van der Waals surface area contributed by atoms with Crippen LogP contribution in [0.5, 0.6) is 5.75 Å². The first-order valence-electron chi connectivity index (χ1n) is 8.97. The molecule has 150 valence electrons. The first-order chi connectivity index (χ1) is 13.3. The standard InChI is InChI=1S/C21H26N2O4S/c1-5-13-27-19-12-8-10-17(15-19)22-21(24)20(6-2)23(28(4,25)26)18-11-7-9-16(3)14-18/h5,7-12,14-15,20H,1,6,13H2,2-4H3,(H,22,24). The maximum absolute atomic E-state index is 12.9. The Kier molecular flexibility index (Phi) is 7.23. The molecule has 0 spiro atoms. The Hall–Kier alpha value is -2.80. The van der Waals surface area contributed by atoms with Crippen LogP contribution in [0.15, 0.2) is 61.2 Å². The van der Waals surface area contributed by atoms with Gasteiger partial charge in [-0.15, -0.1) is 0 Å². The van der Waals surface area contributed by atoms with E-state index >= 15 is 0 Å². The zero-order valence-electron chi connectivity index (χ0n) is 16.4. The molecule has 1 N–H and O–H groups in total. The Morgan fingerprint density at radius 3 is 2.57 bits per heavy atom. The molecule has 6 nitrogen and oxygen atoms in total. The highest BCUT2D eigenvalue weighted by atomic mass is 32.2. The Bertz CT molecular complexity index is 941. The van der Waals surface area contributed by atoms with Crippen molar-refractivity contribution in [3.8, 4) is 5.75 Å². The summed E-state index contributed by atoms with van der Waals surface area (Å²) in [6, 6.07) is 13.1. The molecule has 0 heterocycles. The molecule has 0 aromatic heterocycles. The summed E-state index contributed by atoms with van der Waals surface area (Å²) in [5.74, 6) is 0.180. The topological polar surface area (TPSA) is 75.7 Å². The molecular weight excluding hydrogens is 376 g/mol. The van der Waals surface area contributed by atoms with Crippen molar-refractivity contribution < 1.29 is 17.9 Å². The predicted octanol–water partition coefficient (Wildman–Crippen LogP) is 3.74. The summed E-state index contributed by atoms with van der Waals surface area (Å²) in [5, 5.41) is 2.80. The molecule has 0 saturated carbocycles. The number of amides is 1. The molecule has 0 fully saturated rings. The van der Waals surface area contributed by atoms with Crippen molar-refractivity contribution >= 4 is 27.3 Å². The highest BCUT2D eigenvalue weighted by Crippen LogP contribution is 2.25. The zero-order chi connectivity index (χ0) is 20.7. The first kappa shape index (κ1) is 21.5. The van der Waals surface area contributed by atoms with Gasteiger partial charge in [0, 0.05) is 11.8 Å². The van der Waals surface area contributed by atoms with Gasteiger partial charge in [0.1, 0.15) is 18.4 Å². The third kappa shape index (κ3) is 5.60. The van der Waals surface area contributed by atoms with Gasteiger partial charge in [-0.2, -0.15) is 0 Å². The second-order valence-corrected chi connectivity index (χ2v) is 8.30. The van der Waals surface area contributed by atoms with Gasteiger partial charge in [-0.05, 0) is 43.2 Å². The van der Waals surface area contributed by atoms with Crippen molar-refractivity contribution in [2.45, 2.75) is 26.3 Å². The van der Waals surface area contributed by atoms with Crippen molar-refractivity contribution in [3.63, 3.8) is 0 Å². The number of hydrogen-bond acceptors (Lipinski definition) is 4. The minimum Gasteiger partial charge on any atom is -0.489 e. The van der Waals surface area contributed by atoms with Gasteiger partial charge < -0.3 is 10.1 Å². The fourth-order valence-corrected chi connectivity index (χ4v) is 4.07. The Morgan fingerprint density at radius 2 is 1.96 bits per heavy atom. The molecule has 2 aromatic rings. The molecule has 0 saturated heterocycles. The molecule has 1 amide bonds. The molecule has 0 aliphatic rings. The van der Waals surface area contributed by atoms with Crippen LogP contribution in [0.4, 0.5) is 11.4 Å². The molecule has 28 heavy (non-hydrogen) atoms. The van der Waals surface area contributed by atoms with E-state index in [0.29, 0.717) is 30.2 Å². The fourth-order valence-electron chi connectivity index (χ4n) is 2.87. The predicted molar refractivity (Wildman–Crippen MR) is 113 cm³/mol. The lowest BCUT2D eigenvalue weighted by Crippen LogP contribution is -2.47. The number of carbonyl (C=O) groups excluding carboxylic acids is 1. The fraction of sp³-hybridized carbons (Fsp3) is 0.286. The van der Waals surface area contributed by atoms with Gasteiger partial charge in [-0.1, -0.05) is 37.8 Å². The van der Waals surface area contributed by atoms with E-state index in [1.807, 2.05) is 13.0 Å². The number of benzene rings is 2. The van der Waals surface area contributed by atoms with Crippen LogP contribution in [-0.2, 0) is 14.8 Å². The highest BCUT2D eigenvalue weighted by molar-refractivity contribution is 7.92. The van der Waals surface area contributed by atoms with Gasteiger partial charge in [0.15, 0.2) is 0 Å². The molecule has 0 aliphatic heterocycles. The van der Waals surface area contributed by atoms with E-state index in [-0.39, 0.29) is 0 Å². The van der Waals surface area contributed by atoms with Crippen molar-refractivity contribution in [3.05, 3.63) is 66.7 Å². The molecule has 1 unspecified atom stereocenters. The van der Waals surface area contributed by atoms with Crippen molar-refractivity contribution in [1.82, 2.24) is 0 Å². The molecular formula is C21H26N2O4S. The van der Waals surface area contributed by atoms with Crippen LogP contribution in [-0.4, -0.2) is 33.2 Å². The molecule has 7 heteroatoms. The van der Waals surface area contributed by atoms with Gasteiger partial charge in [-0.3, -0.25) is 9.10 Å². The maximum atomic E-state index is 12.9. The number of sulfonamides is 1. The molecule has 0 bridgehead atoms. The summed E-state index contributed by atoms with van der Waals surface area (Å²) in [7, 11) is -3.67. The highest BCUT2D eigenvalue weighted by Gasteiger charge is 2.31. The molecule has 2 aromatic carbocycles. The number of nitrogens with zero attached hydrogens (tertiary/aromatic N) is 1. The number of carbonyl (C=O) groups is 1. The van der Waals surface area contributed by atoms with Gasteiger partial charge in [0.25, 0.3) is 0 Å². The van der Waals surface area contributed by atoms with Crippen molar-refractivity contribution in [2.24, 2.45) is 0 Å². The lowest BCUT2D eigenvalue weighted by Gasteiger charge is -2.30. The van der Waals surface area contributed by atoms with Gasteiger partial charge in [0.05, 0.1) is 11.9 Å². The molecule has 1 atom stereocenters. The quantitative estimate of drug-likeness (QED) is 0.648. The second kappa shape index (κ2) is 9.41. The molecule has 0 radical (unpaired) electrons. The van der Waals surface area contributed by atoms with E-state index in [2.05, 4.69) is 11.9 Å². The van der Waals surface area contributed by atoms with E-state index in [0.717, 1.165) is 11.8 Å². The van der Waals surface area contributed by atoms with Gasteiger partial charge in [0.2, 0.25) is 15.9 Å². The van der Waals surface area contributed by atoms with Gasteiger partial charge >= 0.3 is 0 Å². The zero-order valence-corrected chi connectivity index (χ0v) is 17.2. The number of nitrogens with one attached hydrogen (secondary N) is 1. The summed E-state index contributed by atoms with van der Waals surface area (Å²) in [6.45, 7) is 7.61. The van der Waals surface area contributed by atoms with E-state index in [1.54, 1.807) is 55.5 Å². The third-order valence-corrected chi connectivity index (χ3v) is 5.24. The summed E-state index contributed by atoms with van der Waals surface area (Å²) < 4.78 is 31.6. The average molecular weight is 403 g/mol. The van der Waals surface area contributed by atoms with Gasteiger partial charge in [-0.25, -0.2) is 8.42 Å². The average Bonchev–Trinajstić information content (AvgIpc) is 2.63. The lowest BCUT2D eigenvalue weighted by molar-refractivity contribution is -0.117. The summed E-state index contributed by atoms with van der Waals surface area (Å²) in [5.41, 5.74) is 1.91. The monoisotopic (exact) mass is 402 g/mol. The largest absolute Gasteiger partial charge is 0.489 e. The van der Waals surface area contributed by atoms with E-state index in [9.17, 15) is 13.2 Å². The van der Waals surface area contributed by atoms with E-state index in [1.165, 1.54) is 4.31 Å². The maximum Gasteiger partial charge on any atom is 0.248 e. The van der Waals surface area contributed by atoms with Crippen LogP contribution in [0.1, 0.15) is 18.9 Å². The SMILES string of the molecule is C=CCOc1cccc(NC(=O)C(CC)N(c2cccc(C)c2)S(C)(=O)=O)c1. The minimum absolute atomic E-state index is 0.319.